The molecule has 0 radical (unpaired) electrons. The molecule has 2 atom stereocenters. The number of alkyl halides is 9. The van der Waals surface area contributed by atoms with Gasteiger partial charge in [0.25, 0.3) is 5.95 Å². The van der Waals surface area contributed by atoms with Crippen LogP contribution in [0.15, 0.2) is 36.4 Å². The molecule has 45 heavy (non-hydrogen) atoms. The fourth-order valence-corrected chi connectivity index (χ4v) is 5.03. The normalized spacial score (nSPS) is 17.2. The fourth-order valence-electron chi connectivity index (χ4n) is 5.03. The minimum atomic E-state index is -5.20. The third kappa shape index (κ3) is 7.22. The van der Waals surface area contributed by atoms with Gasteiger partial charge in [-0.25, -0.2) is 9.59 Å². The molecule has 0 saturated carbocycles. The van der Waals surface area contributed by atoms with Crippen molar-refractivity contribution in [2.45, 2.75) is 63.5 Å². The van der Waals surface area contributed by atoms with Gasteiger partial charge in [-0.05, 0) is 65.6 Å². The van der Waals surface area contributed by atoms with Gasteiger partial charge in [0.2, 0.25) is 0 Å². The minimum absolute atomic E-state index is 0.0813. The number of fused-ring (bicyclic) bond motifs is 1. The molecule has 10 nitrogen and oxygen atoms in total. The van der Waals surface area contributed by atoms with E-state index >= 15 is 0 Å². The molecule has 2 heterocycles. The Morgan fingerprint density at radius 1 is 0.956 bits per heavy atom. The van der Waals surface area contributed by atoms with Crippen molar-refractivity contribution in [1.82, 2.24) is 20.2 Å². The Balaban J connectivity index is 1.95. The first-order valence-electron chi connectivity index (χ1n) is 13.0. The summed E-state index contributed by atoms with van der Waals surface area (Å²) in [5, 5.41) is 21.3. The van der Waals surface area contributed by atoms with Crippen LogP contribution in [0.3, 0.4) is 0 Å². The molecule has 1 aromatic heterocycles. The molecule has 3 aromatic rings. The van der Waals surface area contributed by atoms with Crippen LogP contribution in [0.1, 0.15) is 53.6 Å². The number of ether oxygens (including phenoxy) is 1. The number of hydrogen-bond acceptors (Lipinski definition) is 7. The molecular formula is C26H23F9N6O4. The monoisotopic (exact) mass is 654 g/mol. The number of esters is 1. The van der Waals surface area contributed by atoms with Gasteiger partial charge in [0.05, 0.1) is 35.5 Å². The standard InChI is InChI=1S/C26H23F9N6O4/c1-3-17-10-20(18-9-14(24(27,28)29)4-5-19(18)41(17)23(43)44)39(22-36-38-40(37-22)12-21(42)45-2)11-13-6-15(25(30,31)32)8-16(7-13)26(33,34)35/h4-9,17,20H,3,10-12H2,1-2H3,(H,43,44). The highest BCUT2D eigenvalue weighted by molar-refractivity contribution is 5.89. The lowest BCUT2D eigenvalue weighted by atomic mass is 9.87. The summed E-state index contributed by atoms with van der Waals surface area (Å²) in [6.07, 6.45) is -16.9. The first-order chi connectivity index (χ1) is 20.8. The number of carbonyl (C=O) groups is 2. The van der Waals surface area contributed by atoms with Crippen LogP contribution in [0, 0.1) is 0 Å². The van der Waals surface area contributed by atoms with E-state index in [1.54, 1.807) is 6.92 Å². The summed E-state index contributed by atoms with van der Waals surface area (Å²) >= 11 is 0. The van der Waals surface area contributed by atoms with E-state index in [-0.39, 0.29) is 30.2 Å². The van der Waals surface area contributed by atoms with Crippen molar-refractivity contribution in [3.05, 3.63) is 64.2 Å². The lowest BCUT2D eigenvalue weighted by Crippen LogP contribution is -2.47. The van der Waals surface area contributed by atoms with Crippen molar-refractivity contribution in [3.63, 3.8) is 0 Å². The molecule has 2 aromatic carbocycles. The second-order valence-corrected chi connectivity index (χ2v) is 9.98. The van der Waals surface area contributed by atoms with Gasteiger partial charge < -0.3 is 14.7 Å². The van der Waals surface area contributed by atoms with Crippen molar-refractivity contribution >= 4 is 23.7 Å². The highest BCUT2D eigenvalue weighted by Gasteiger charge is 2.42. The molecule has 1 aliphatic heterocycles. The van der Waals surface area contributed by atoms with Crippen molar-refractivity contribution in [1.29, 1.82) is 0 Å². The summed E-state index contributed by atoms with van der Waals surface area (Å²) in [6, 6.07) is 0.826. The average Bonchev–Trinajstić information content (AvgIpc) is 3.40. The molecule has 0 fully saturated rings. The van der Waals surface area contributed by atoms with Gasteiger partial charge in [0.15, 0.2) is 6.54 Å². The van der Waals surface area contributed by atoms with E-state index in [1.165, 1.54) is 0 Å². The van der Waals surface area contributed by atoms with Crippen molar-refractivity contribution in [3.8, 4) is 0 Å². The third-order valence-corrected chi connectivity index (χ3v) is 7.09. The number of rotatable bonds is 7. The maximum Gasteiger partial charge on any atom is 0.416 e. The zero-order chi connectivity index (χ0) is 33.5. The predicted octanol–water partition coefficient (Wildman–Crippen LogP) is 6.32. The smallest absolute Gasteiger partial charge is 0.416 e. The molecule has 244 valence electrons. The second kappa shape index (κ2) is 12.1. The Bertz CT molecular complexity index is 1540. The zero-order valence-electron chi connectivity index (χ0n) is 23.2. The van der Waals surface area contributed by atoms with Gasteiger partial charge in [-0.2, -0.15) is 44.3 Å². The first kappa shape index (κ1) is 33.3. The highest BCUT2D eigenvalue weighted by Crippen LogP contribution is 2.46. The maximum atomic E-state index is 13.8. The third-order valence-electron chi connectivity index (χ3n) is 7.09. The lowest BCUT2D eigenvalue weighted by Gasteiger charge is -2.43. The van der Waals surface area contributed by atoms with E-state index in [0.717, 1.165) is 23.0 Å². The largest absolute Gasteiger partial charge is 0.468 e. The average molecular weight is 654 g/mol. The Hall–Kier alpha value is -4.58. The Morgan fingerprint density at radius 3 is 2.07 bits per heavy atom. The second-order valence-electron chi connectivity index (χ2n) is 9.98. The van der Waals surface area contributed by atoms with Crippen LogP contribution in [0.2, 0.25) is 0 Å². The van der Waals surface area contributed by atoms with Crippen molar-refractivity contribution in [2.24, 2.45) is 0 Å². The molecule has 0 aliphatic carbocycles. The van der Waals surface area contributed by atoms with E-state index in [2.05, 4.69) is 20.1 Å². The number of halogens is 9. The van der Waals surface area contributed by atoms with Crippen LogP contribution in [0.25, 0.3) is 0 Å². The molecule has 0 bridgehead atoms. The number of methoxy groups -OCH3 is 1. The zero-order valence-corrected chi connectivity index (χ0v) is 23.2. The molecule has 1 amide bonds. The molecular weight excluding hydrogens is 631 g/mol. The van der Waals surface area contributed by atoms with Crippen LogP contribution in [0.5, 0.6) is 0 Å². The van der Waals surface area contributed by atoms with E-state index in [0.29, 0.717) is 29.1 Å². The fraction of sp³-hybridized carbons (Fsp3) is 0.423. The number of amides is 1. The molecule has 0 spiro atoms. The summed E-state index contributed by atoms with van der Waals surface area (Å²) < 4.78 is 128. The Morgan fingerprint density at radius 2 is 1.56 bits per heavy atom. The predicted molar refractivity (Wildman–Crippen MR) is 136 cm³/mol. The quantitative estimate of drug-likeness (QED) is 0.233. The van der Waals surface area contributed by atoms with Crippen LogP contribution < -0.4 is 9.80 Å². The van der Waals surface area contributed by atoms with Crippen LogP contribution >= 0.6 is 0 Å². The maximum absolute atomic E-state index is 13.8. The topological polar surface area (TPSA) is 114 Å². The molecule has 19 heteroatoms. The number of nitrogens with zero attached hydrogens (tertiary/aromatic N) is 6. The number of aromatic nitrogens is 4. The summed E-state index contributed by atoms with van der Waals surface area (Å²) in [5.41, 5.74) is -5.48. The Labute approximate surface area is 248 Å². The highest BCUT2D eigenvalue weighted by atomic mass is 19.4. The van der Waals surface area contributed by atoms with Gasteiger partial charge in [0, 0.05) is 12.6 Å². The number of tetrazole rings is 1. The molecule has 1 aliphatic rings. The number of hydrogen-bond donors (Lipinski definition) is 1. The van der Waals surface area contributed by atoms with Gasteiger partial charge in [-0.3, -0.25) is 4.90 Å². The number of benzene rings is 2. The Kier molecular flexibility index (Phi) is 8.94. The summed E-state index contributed by atoms with van der Waals surface area (Å²) in [7, 11) is 1.05. The number of carboxylic acid groups (broad SMARTS) is 1. The van der Waals surface area contributed by atoms with Crippen LogP contribution in [0.4, 0.5) is 55.9 Å². The molecule has 0 saturated heterocycles. The van der Waals surface area contributed by atoms with E-state index in [9.17, 15) is 54.2 Å². The summed E-state index contributed by atoms with van der Waals surface area (Å²) in [4.78, 5) is 26.5. The SMILES string of the molecule is CCC1CC(N(Cc2cc(C(F)(F)F)cc(C(F)(F)F)c2)c2nnn(CC(=O)OC)n2)c2cc(C(F)(F)F)ccc2N1C(=O)O. The molecule has 1 N–H and O–H groups in total. The number of anilines is 2. The van der Waals surface area contributed by atoms with Crippen LogP contribution in [-0.2, 0) is 41.1 Å². The minimum Gasteiger partial charge on any atom is -0.468 e. The van der Waals surface area contributed by atoms with E-state index in [1.807, 2.05) is 0 Å². The van der Waals surface area contributed by atoms with Gasteiger partial charge in [0.1, 0.15) is 0 Å². The van der Waals surface area contributed by atoms with E-state index in [4.69, 9.17) is 0 Å². The molecule has 4 rings (SSSR count). The van der Waals surface area contributed by atoms with Gasteiger partial charge in [-0.15, -0.1) is 5.10 Å². The van der Waals surface area contributed by atoms with Crippen molar-refractivity contribution in [2.75, 3.05) is 16.9 Å². The lowest BCUT2D eigenvalue weighted by molar-refractivity contribution is -0.143. The van der Waals surface area contributed by atoms with Gasteiger partial charge in [-0.1, -0.05) is 12.0 Å². The van der Waals surface area contributed by atoms with E-state index < -0.39 is 84.0 Å². The van der Waals surface area contributed by atoms with Crippen molar-refractivity contribution < 1.29 is 58.9 Å². The first-order valence-corrected chi connectivity index (χ1v) is 13.0. The summed E-state index contributed by atoms with van der Waals surface area (Å²) in [5.74, 6) is -1.32. The molecule has 2 unspecified atom stereocenters. The van der Waals surface area contributed by atoms with Gasteiger partial charge >= 0.3 is 30.6 Å². The van der Waals surface area contributed by atoms with Crippen LogP contribution in [-0.4, -0.2) is 50.5 Å². The summed E-state index contributed by atoms with van der Waals surface area (Å²) in [6.45, 7) is 0.161. The number of carbonyl (C=O) groups excluding carboxylic acids is 1.